The largest absolute Gasteiger partial charge is 0.293 e. The maximum Gasteiger partial charge on any atom is 0.266 e. The number of nitrogens with zero attached hydrogens (tertiary/aromatic N) is 2. The zero-order valence-corrected chi connectivity index (χ0v) is 78.1. The Morgan fingerprint density at radius 1 is 0.286 bits per heavy atom. The van der Waals surface area contributed by atoms with Gasteiger partial charge in [0.15, 0.2) is 0 Å². The van der Waals surface area contributed by atoms with E-state index in [4.69, 9.17) is 24.4 Å². The van der Waals surface area contributed by atoms with Crippen molar-refractivity contribution in [2.75, 3.05) is 13.1 Å². The highest BCUT2D eigenvalue weighted by atomic mass is 32.2. The first-order chi connectivity index (χ1) is 54.9. The van der Waals surface area contributed by atoms with Crippen molar-refractivity contribution in [3.05, 3.63) is 138 Å². The van der Waals surface area contributed by atoms with Crippen molar-refractivity contribution in [3.63, 3.8) is 0 Å². The molecule has 0 aliphatic carbocycles. The second-order valence-electron chi connectivity index (χ2n) is 30.4. The molecule has 4 nitrogen and oxygen atoms in total. The van der Waals surface area contributed by atoms with Gasteiger partial charge in [-0.15, -0.1) is 113 Å². The zero-order valence-electron chi connectivity index (χ0n) is 66.7. The van der Waals surface area contributed by atoms with E-state index in [1.54, 1.807) is 53.4 Å². The van der Waals surface area contributed by atoms with Gasteiger partial charge in [-0.1, -0.05) is 255 Å². The monoisotopic (exact) mass is 1750 g/mol. The van der Waals surface area contributed by atoms with Gasteiger partial charge in [0.2, 0.25) is 0 Å². The van der Waals surface area contributed by atoms with E-state index < -0.39 is 0 Å². The number of aryl methyl sites for hydroxylation is 4. The summed E-state index contributed by atoms with van der Waals surface area (Å²) >= 11 is 33.5. The number of carbonyl (C=O) groups is 2. The van der Waals surface area contributed by atoms with Crippen LogP contribution in [0.5, 0.6) is 0 Å². The van der Waals surface area contributed by atoms with Gasteiger partial charge in [-0.3, -0.25) is 19.4 Å². The number of amides is 2. The van der Waals surface area contributed by atoms with Crippen LogP contribution < -0.4 is 0 Å². The number of hydrogen-bond donors (Lipinski definition) is 0. The van der Waals surface area contributed by atoms with Gasteiger partial charge in [0.25, 0.3) is 11.8 Å². The van der Waals surface area contributed by atoms with E-state index in [-0.39, 0.29) is 11.8 Å². The van der Waals surface area contributed by atoms with E-state index in [1.165, 1.54) is 341 Å². The predicted molar refractivity (Wildman–Crippen MR) is 520 cm³/mol. The van der Waals surface area contributed by atoms with Crippen molar-refractivity contribution in [1.29, 1.82) is 0 Å². The number of unbranched alkanes of at least 4 members (excludes halogenated alkanes) is 28. The average molecular weight is 1750 g/mol. The number of likely N-dealkylation sites (N-methyl/N-ethyl adjacent to an activating group) is 2. The molecule has 13 rings (SSSR count). The summed E-state index contributed by atoms with van der Waals surface area (Å²) in [4.78, 5) is 55.0. The van der Waals surface area contributed by atoms with Crippen LogP contribution in [0.25, 0.3) is 112 Å². The minimum absolute atomic E-state index is 0.00911. The lowest BCUT2D eigenvalue weighted by molar-refractivity contribution is -0.122. The Balaban J connectivity index is 0.908. The molecule has 2 amide bonds. The van der Waals surface area contributed by atoms with Crippen LogP contribution in [0.3, 0.4) is 0 Å². The summed E-state index contributed by atoms with van der Waals surface area (Å²) in [6, 6.07) is 38.3. The summed E-state index contributed by atoms with van der Waals surface area (Å²) in [5, 5.41) is 2.84. The number of thioether (sulfide) groups is 2. The zero-order chi connectivity index (χ0) is 77.7. The molecule has 2 saturated heterocycles. The molecule has 11 aromatic rings. The van der Waals surface area contributed by atoms with Crippen molar-refractivity contribution in [2.24, 2.45) is 0 Å². The fourth-order valence-corrected chi connectivity index (χ4v) is 30.2. The van der Waals surface area contributed by atoms with Crippen molar-refractivity contribution in [2.45, 2.75) is 273 Å². The highest BCUT2D eigenvalue weighted by Gasteiger charge is 2.33. The fourth-order valence-electron chi connectivity index (χ4n) is 15.6. The molecule has 0 unspecified atom stereocenters. The molecule has 2 aliphatic heterocycles. The van der Waals surface area contributed by atoms with Gasteiger partial charge >= 0.3 is 0 Å². The minimum Gasteiger partial charge on any atom is -0.293 e. The number of hydrogen-bond acceptors (Lipinski definition) is 16. The van der Waals surface area contributed by atoms with E-state index >= 15 is 0 Å². The number of benzene rings is 1. The van der Waals surface area contributed by atoms with E-state index in [2.05, 4.69) is 170 Å². The highest BCUT2D eigenvalue weighted by molar-refractivity contribution is 8.27. The normalized spacial score (nSPS) is 14.3. The van der Waals surface area contributed by atoms with Gasteiger partial charge in [0.1, 0.15) is 8.64 Å². The van der Waals surface area contributed by atoms with Crippen LogP contribution >= 0.6 is 161 Å². The predicted octanol–water partition coefficient (Wildman–Crippen LogP) is 35.1. The minimum atomic E-state index is 0.00911. The maximum absolute atomic E-state index is 13.2. The van der Waals surface area contributed by atoms with Gasteiger partial charge < -0.3 is 0 Å². The third-order valence-corrected chi connectivity index (χ3v) is 37.1. The van der Waals surface area contributed by atoms with Gasteiger partial charge in [-0.2, -0.15) is 0 Å². The van der Waals surface area contributed by atoms with Crippen molar-refractivity contribution >= 4 is 214 Å². The lowest BCUT2D eigenvalue weighted by Crippen LogP contribution is -2.27. The SMILES string of the molecule is CCCCCCCCCCc1cc(-c2c3cc(-c4ccc(-c5ccc(-c6ccc(/C=C7\SC(=S)N(CC)C7=O)s6)s5)s4)sc3c(-c3cc(CCCCCCCCCC)c(CCCCCCCCCC)s3)c3cc(-c4ccc(-c5ccc(-c6ccc(/C=C7\SC(=S)N(CC)C7=O)s6)s5)s4)sc23)sc1CCCCCCCCCC. The Kier molecular flexibility index (Phi) is 33.5. The molecule has 594 valence electrons. The summed E-state index contributed by atoms with van der Waals surface area (Å²) in [5.41, 5.74) is 6.11. The van der Waals surface area contributed by atoms with Crippen LogP contribution in [-0.4, -0.2) is 43.3 Å². The smallest absolute Gasteiger partial charge is 0.266 e. The first kappa shape index (κ1) is 85.9. The summed E-state index contributed by atoms with van der Waals surface area (Å²) in [6.07, 6.45) is 51.4. The van der Waals surface area contributed by atoms with E-state index in [9.17, 15) is 9.59 Å². The van der Waals surface area contributed by atoms with Crippen LogP contribution in [0.15, 0.2) is 107 Å². The molecule has 18 heteroatoms. The highest BCUT2D eigenvalue weighted by Crippen LogP contribution is 2.57. The van der Waals surface area contributed by atoms with Crippen LogP contribution in [0, 0.1) is 0 Å². The first-order valence-electron chi connectivity index (χ1n) is 42.3. The Hall–Kier alpha value is -3.96. The standard InChI is InChI=1S/C94H112N2O2S14/c1-7-13-17-21-25-29-33-37-41-63-57-83(103-69(63)43-39-35-31-27-23-19-15-9-3)87-67-61-81(79-55-53-77(107-79)75-51-49-73(105-75)71-47-45-65(101-71)59-85-91(97)95(11-5)93(99)111-85)110-90(67)88(84-58-64(42-38-34-30-26-22-18-14-8-2)70(104-84)44-40-36-32-28-24-20-16-10-4)68-62-82(109-89(68)87)80-56-54-78(108-80)76-52-50-74(106-76)72-48-46-66(102-72)60-86-92(98)96(12-6)94(100)112-86/h45-62H,7-44H2,1-6H3/b85-59-,86-60-. The molecule has 0 N–H and O–H groups in total. The van der Waals surface area contributed by atoms with E-state index in [1.807, 2.05) is 71.3 Å². The molecule has 12 heterocycles. The van der Waals surface area contributed by atoms with Gasteiger partial charge in [0.05, 0.1) is 9.81 Å². The molecule has 0 spiro atoms. The maximum atomic E-state index is 13.2. The van der Waals surface area contributed by atoms with Gasteiger partial charge in [-0.05, 0) is 186 Å². The molecular weight excluding hydrogens is 1640 g/mol. The molecule has 1 aromatic carbocycles. The number of thiocarbonyl (C=S) groups is 2. The number of fused-ring (bicyclic) bond motifs is 2. The van der Waals surface area contributed by atoms with Gasteiger partial charge in [-0.25, -0.2) is 0 Å². The molecule has 0 bridgehead atoms. The second kappa shape index (κ2) is 43.7. The van der Waals surface area contributed by atoms with Crippen LogP contribution in [-0.2, 0) is 35.3 Å². The lowest BCUT2D eigenvalue weighted by atomic mass is 9.97. The van der Waals surface area contributed by atoms with Crippen LogP contribution in [0.4, 0.5) is 0 Å². The van der Waals surface area contributed by atoms with E-state index in [0.717, 1.165) is 22.6 Å². The van der Waals surface area contributed by atoms with Crippen molar-refractivity contribution in [1.82, 2.24) is 9.80 Å². The Morgan fingerprint density at radius 2 is 0.554 bits per heavy atom. The fraction of sp³-hybridized carbons (Fsp3) is 0.468. The molecule has 0 radical (unpaired) electrons. The summed E-state index contributed by atoms with van der Waals surface area (Å²) in [5.74, 6) is 0.0182. The Bertz CT molecular complexity index is 4540. The molecule has 112 heavy (non-hydrogen) atoms. The average Bonchev–Trinajstić information content (AvgIpc) is 1.56. The van der Waals surface area contributed by atoms with Gasteiger partial charge in [0, 0.05) is 132 Å². The van der Waals surface area contributed by atoms with Crippen LogP contribution in [0.2, 0.25) is 0 Å². The van der Waals surface area contributed by atoms with Crippen LogP contribution in [0.1, 0.15) is 278 Å². The first-order valence-corrected chi connectivity index (χ1v) is 52.9. The number of rotatable bonds is 48. The Labute approximate surface area is 728 Å². The second-order valence-corrected chi connectivity index (χ2v) is 44.7. The third kappa shape index (κ3) is 22.1. The van der Waals surface area contributed by atoms with E-state index in [0.29, 0.717) is 31.5 Å². The molecule has 2 fully saturated rings. The summed E-state index contributed by atoms with van der Waals surface area (Å²) in [6.45, 7) is 14.5. The summed E-state index contributed by atoms with van der Waals surface area (Å²) < 4.78 is 4.16. The molecular formula is C94H112N2O2S14. The molecule has 0 atom stereocenters. The third-order valence-electron chi connectivity index (χ3n) is 21.9. The topological polar surface area (TPSA) is 40.6 Å². The molecule has 2 aliphatic rings. The lowest BCUT2D eigenvalue weighted by Gasteiger charge is -2.09. The molecule has 10 aromatic heterocycles. The quantitative estimate of drug-likeness (QED) is 0.0215. The van der Waals surface area contributed by atoms with Crippen molar-refractivity contribution < 1.29 is 9.59 Å². The summed E-state index contributed by atoms with van der Waals surface area (Å²) in [7, 11) is 0. The number of thiophene rings is 10. The Morgan fingerprint density at radius 3 is 0.848 bits per heavy atom. The van der Waals surface area contributed by atoms with Crippen molar-refractivity contribution in [3.8, 4) is 79.4 Å². The molecule has 0 saturated carbocycles. The number of carbonyl (C=O) groups excluding carboxylic acids is 2.